The third-order valence-electron chi connectivity index (χ3n) is 7.97. The van der Waals surface area contributed by atoms with Gasteiger partial charge < -0.3 is 14.1 Å². The van der Waals surface area contributed by atoms with Crippen molar-refractivity contribution in [3.8, 4) is 11.3 Å². The number of aromatic carboxylic acids is 1. The molecular weight excluding hydrogens is 508 g/mol. The zero-order valence-corrected chi connectivity index (χ0v) is 22.7. The highest BCUT2D eigenvalue weighted by Crippen LogP contribution is 2.35. The SMILES string of the molecule is Cc1cccc2c1c(Cc1c(-c3ccc4ccccc4c3C(=O)O)nc3ccccn13)cn2CCc1ccncc1. The van der Waals surface area contributed by atoms with Crippen molar-refractivity contribution in [2.24, 2.45) is 0 Å². The smallest absolute Gasteiger partial charge is 0.337 e. The normalized spacial score (nSPS) is 11.5. The van der Waals surface area contributed by atoms with Gasteiger partial charge in [0.2, 0.25) is 0 Å². The average Bonchev–Trinajstić information content (AvgIpc) is 3.55. The lowest BCUT2D eigenvalue weighted by molar-refractivity contribution is 0.0700. The molecule has 4 heterocycles. The molecule has 41 heavy (non-hydrogen) atoms. The Morgan fingerprint density at radius 2 is 1.73 bits per heavy atom. The first-order chi connectivity index (χ1) is 20.1. The van der Waals surface area contributed by atoms with E-state index in [0.717, 1.165) is 29.7 Å². The predicted molar refractivity (Wildman–Crippen MR) is 163 cm³/mol. The molecule has 0 bridgehead atoms. The lowest BCUT2D eigenvalue weighted by Crippen LogP contribution is -2.03. The molecule has 200 valence electrons. The van der Waals surface area contributed by atoms with Gasteiger partial charge in [-0.25, -0.2) is 9.78 Å². The largest absolute Gasteiger partial charge is 0.478 e. The molecule has 0 radical (unpaired) electrons. The van der Waals surface area contributed by atoms with Crippen molar-refractivity contribution in [3.63, 3.8) is 0 Å². The van der Waals surface area contributed by atoms with Crippen LogP contribution < -0.4 is 0 Å². The number of carbonyl (C=O) groups is 1. The number of carboxylic acids is 1. The van der Waals surface area contributed by atoms with Crippen molar-refractivity contribution in [3.05, 3.63) is 138 Å². The Morgan fingerprint density at radius 1 is 0.902 bits per heavy atom. The second-order valence-corrected chi connectivity index (χ2v) is 10.4. The van der Waals surface area contributed by atoms with Crippen LogP contribution in [0.3, 0.4) is 0 Å². The highest BCUT2D eigenvalue weighted by atomic mass is 16.4. The fourth-order valence-electron chi connectivity index (χ4n) is 6.06. The van der Waals surface area contributed by atoms with Crippen LogP contribution in [0.4, 0.5) is 0 Å². The lowest BCUT2D eigenvalue weighted by atomic mass is 9.94. The van der Waals surface area contributed by atoms with Crippen LogP contribution in [0.15, 0.2) is 110 Å². The maximum Gasteiger partial charge on any atom is 0.337 e. The third-order valence-corrected chi connectivity index (χ3v) is 7.97. The van der Waals surface area contributed by atoms with Crippen molar-refractivity contribution in [1.82, 2.24) is 18.9 Å². The number of aromatic nitrogens is 4. The van der Waals surface area contributed by atoms with Crippen LogP contribution in [0.5, 0.6) is 0 Å². The van der Waals surface area contributed by atoms with E-state index in [4.69, 9.17) is 4.98 Å². The predicted octanol–water partition coefficient (Wildman–Crippen LogP) is 7.34. The standard InChI is InChI=1S/C35H28N4O2/c1-23-7-6-10-29-32(23)26(22-38(29)20-16-24-14-17-36-18-15-24)21-30-34(37-31-11-4-5-19-39(30)31)28-13-12-25-8-2-3-9-27(25)33(28)35(40)41/h2-15,17-19,22H,16,20-21H2,1H3,(H,40,41). The van der Waals surface area contributed by atoms with Crippen molar-refractivity contribution >= 4 is 33.3 Å². The number of rotatable bonds is 7. The lowest BCUT2D eigenvalue weighted by Gasteiger charge is -2.11. The summed E-state index contributed by atoms with van der Waals surface area (Å²) < 4.78 is 4.42. The molecule has 6 nitrogen and oxygen atoms in total. The van der Waals surface area contributed by atoms with Crippen molar-refractivity contribution < 1.29 is 9.90 Å². The van der Waals surface area contributed by atoms with E-state index >= 15 is 0 Å². The summed E-state index contributed by atoms with van der Waals surface area (Å²) in [6.07, 6.45) is 9.45. The number of imidazole rings is 1. The third kappa shape index (κ3) is 4.34. The second kappa shape index (κ2) is 10.1. The van der Waals surface area contributed by atoms with E-state index in [9.17, 15) is 9.90 Å². The number of benzene rings is 3. The van der Waals surface area contributed by atoms with E-state index in [0.29, 0.717) is 23.1 Å². The van der Waals surface area contributed by atoms with Crippen LogP contribution in [-0.4, -0.2) is 30.0 Å². The van der Waals surface area contributed by atoms with E-state index in [-0.39, 0.29) is 5.56 Å². The van der Waals surface area contributed by atoms with Gasteiger partial charge in [-0.3, -0.25) is 4.98 Å². The molecule has 0 saturated carbocycles. The molecule has 0 amide bonds. The minimum Gasteiger partial charge on any atom is -0.478 e. The van der Waals surface area contributed by atoms with Gasteiger partial charge in [0.25, 0.3) is 0 Å². The highest BCUT2D eigenvalue weighted by Gasteiger charge is 2.23. The van der Waals surface area contributed by atoms with Gasteiger partial charge in [-0.2, -0.15) is 0 Å². The minimum atomic E-state index is -0.955. The molecule has 0 unspecified atom stereocenters. The van der Waals surface area contributed by atoms with E-state index in [1.54, 1.807) is 0 Å². The van der Waals surface area contributed by atoms with Gasteiger partial charge in [0, 0.05) is 54.2 Å². The number of hydrogen-bond acceptors (Lipinski definition) is 3. The van der Waals surface area contributed by atoms with Gasteiger partial charge in [-0.15, -0.1) is 0 Å². The minimum absolute atomic E-state index is 0.281. The van der Waals surface area contributed by atoms with Crippen molar-refractivity contribution in [2.45, 2.75) is 26.3 Å². The summed E-state index contributed by atoms with van der Waals surface area (Å²) in [6, 6.07) is 28.0. The van der Waals surface area contributed by atoms with Gasteiger partial charge in [0.1, 0.15) is 5.65 Å². The summed E-state index contributed by atoms with van der Waals surface area (Å²) in [6.45, 7) is 3.00. The molecule has 0 aliphatic rings. The molecule has 0 atom stereocenters. The van der Waals surface area contributed by atoms with Crippen LogP contribution >= 0.6 is 0 Å². The molecule has 0 fully saturated rings. The summed E-state index contributed by atoms with van der Waals surface area (Å²) in [5, 5.41) is 13.2. The average molecular weight is 537 g/mol. The quantitative estimate of drug-likeness (QED) is 0.231. The zero-order chi connectivity index (χ0) is 27.9. The fraction of sp³-hybridized carbons (Fsp3) is 0.114. The number of hydrogen-bond donors (Lipinski definition) is 1. The molecule has 7 aromatic rings. The molecule has 0 aliphatic heterocycles. The Kier molecular flexibility index (Phi) is 6.08. The molecule has 0 spiro atoms. The van der Waals surface area contributed by atoms with Crippen LogP contribution in [0.1, 0.15) is 32.7 Å². The van der Waals surface area contributed by atoms with Crippen LogP contribution in [0.2, 0.25) is 0 Å². The molecule has 7 rings (SSSR count). The van der Waals surface area contributed by atoms with Crippen molar-refractivity contribution in [1.29, 1.82) is 0 Å². The number of carboxylic acid groups (broad SMARTS) is 1. The first-order valence-corrected chi connectivity index (χ1v) is 13.8. The molecule has 3 aromatic carbocycles. The Balaban J connectivity index is 1.40. The Hall–Kier alpha value is -5.23. The van der Waals surface area contributed by atoms with Gasteiger partial charge in [-0.05, 0) is 71.1 Å². The number of aryl methyl sites for hydroxylation is 3. The van der Waals surface area contributed by atoms with E-state index < -0.39 is 5.97 Å². The molecule has 0 saturated heterocycles. The van der Waals surface area contributed by atoms with Crippen molar-refractivity contribution in [2.75, 3.05) is 0 Å². The van der Waals surface area contributed by atoms with E-state index in [2.05, 4.69) is 57.4 Å². The Morgan fingerprint density at radius 3 is 2.59 bits per heavy atom. The second-order valence-electron chi connectivity index (χ2n) is 10.4. The molecular formula is C35H28N4O2. The maximum atomic E-state index is 12.7. The topological polar surface area (TPSA) is 72.4 Å². The van der Waals surface area contributed by atoms with Gasteiger partial charge in [0.05, 0.1) is 17.0 Å². The number of nitrogens with zero attached hydrogens (tertiary/aromatic N) is 4. The van der Waals surface area contributed by atoms with Gasteiger partial charge in [0.15, 0.2) is 0 Å². The first kappa shape index (κ1) is 24.8. The zero-order valence-electron chi connectivity index (χ0n) is 22.7. The summed E-state index contributed by atoms with van der Waals surface area (Å²) >= 11 is 0. The molecule has 4 aromatic heterocycles. The number of fused-ring (bicyclic) bond motifs is 3. The summed E-state index contributed by atoms with van der Waals surface area (Å²) in [4.78, 5) is 21.8. The Labute approximate surface area is 237 Å². The summed E-state index contributed by atoms with van der Waals surface area (Å²) in [7, 11) is 0. The van der Waals surface area contributed by atoms with Crippen LogP contribution in [0, 0.1) is 6.92 Å². The van der Waals surface area contributed by atoms with E-state index in [1.807, 2.05) is 73.2 Å². The van der Waals surface area contributed by atoms with Crippen LogP contribution in [0.25, 0.3) is 38.6 Å². The monoisotopic (exact) mass is 536 g/mol. The van der Waals surface area contributed by atoms with Gasteiger partial charge in [-0.1, -0.05) is 54.6 Å². The molecule has 0 aliphatic carbocycles. The van der Waals surface area contributed by atoms with Gasteiger partial charge >= 0.3 is 5.97 Å². The molecule has 6 heteroatoms. The van der Waals surface area contributed by atoms with Crippen LogP contribution in [-0.2, 0) is 19.4 Å². The summed E-state index contributed by atoms with van der Waals surface area (Å²) in [5.74, 6) is -0.955. The fourth-order valence-corrected chi connectivity index (χ4v) is 6.06. The van der Waals surface area contributed by atoms with E-state index in [1.165, 1.54) is 27.6 Å². The molecule has 1 N–H and O–H groups in total. The maximum absolute atomic E-state index is 12.7. The highest BCUT2D eigenvalue weighted by molar-refractivity contribution is 6.09. The summed E-state index contributed by atoms with van der Waals surface area (Å²) in [5.41, 5.74) is 8.22. The number of pyridine rings is 2. The first-order valence-electron chi connectivity index (χ1n) is 13.8. The Bertz CT molecular complexity index is 2070.